The molecule has 7 nitrogen and oxygen atoms in total. The summed E-state index contributed by atoms with van der Waals surface area (Å²) >= 11 is 0. The molecule has 0 aromatic heterocycles. The first kappa shape index (κ1) is 20.8. The van der Waals surface area contributed by atoms with Crippen LogP contribution in [-0.4, -0.2) is 70.2 Å². The Labute approximate surface area is 183 Å². The number of carbonyl (C=O) groups is 2. The Morgan fingerprint density at radius 2 is 1.94 bits per heavy atom. The Bertz CT molecular complexity index is 886. The number of hydrogen-bond acceptors (Lipinski definition) is 5. The number of benzene rings is 1. The zero-order chi connectivity index (χ0) is 21.9. The van der Waals surface area contributed by atoms with Crippen LogP contribution in [0.4, 0.5) is 0 Å². The second kappa shape index (κ2) is 7.48. The highest BCUT2D eigenvalue weighted by molar-refractivity contribution is 5.87. The molecule has 0 bridgehead atoms. The van der Waals surface area contributed by atoms with Crippen LogP contribution in [0.2, 0.25) is 0 Å². The third kappa shape index (κ3) is 3.52. The van der Waals surface area contributed by atoms with E-state index in [0.29, 0.717) is 19.5 Å². The summed E-state index contributed by atoms with van der Waals surface area (Å²) in [6, 6.07) is 7.59. The van der Waals surface area contributed by atoms with Crippen molar-refractivity contribution in [2.45, 2.75) is 70.0 Å². The van der Waals surface area contributed by atoms with E-state index >= 15 is 0 Å². The van der Waals surface area contributed by atoms with Crippen molar-refractivity contribution in [3.05, 3.63) is 29.8 Å². The molecule has 5 rings (SSSR count). The van der Waals surface area contributed by atoms with Crippen molar-refractivity contribution < 1.29 is 24.2 Å². The van der Waals surface area contributed by atoms with E-state index in [2.05, 4.69) is 19.9 Å². The van der Waals surface area contributed by atoms with Gasteiger partial charge < -0.3 is 24.4 Å². The Morgan fingerprint density at radius 1 is 1.16 bits per heavy atom. The van der Waals surface area contributed by atoms with Crippen molar-refractivity contribution in [2.75, 3.05) is 19.6 Å². The smallest absolute Gasteiger partial charge is 0.245 e. The van der Waals surface area contributed by atoms with Crippen molar-refractivity contribution in [3.8, 4) is 5.75 Å². The average molecular weight is 429 g/mol. The summed E-state index contributed by atoms with van der Waals surface area (Å²) in [6.07, 6.45) is 1.55. The molecule has 0 aliphatic carbocycles. The third-order valence-corrected chi connectivity index (χ3v) is 7.68. The number of ether oxygens (including phenoxy) is 2. The maximum absolute atomic E-state index is 13.3. The van der Waals surface area contributed by atoms with E-state index in [9.17, 15) is 14.7 Å². The highest BCUT2D eigenvalue weighted by atomic mass is 16.5. The minimum absolute atomic E-state index is 0.0154. The number of piperidine rings is 1. The third-order valence-electron chi connectivity index (χ3n) is 7.68. The lowest BCUT2D eigenvalue weighted by Gasteiger charge is -2.53. The van der Waals surface area contributed by atoms with Crippen molar-refractivity contribution in [2.24, 2.45) is 11.8 Å². The Balaban J connectivity index is 1.33. The summed E-state index contributed by atoms with van der Waals surface area (Å²) in [6.45, 7) is 7.20. The number of aliphatic hydroxyl groups excluding tert-OH is 1. The van der Waals surface area contributed by atoms with Crippen LogP contribution < -0.4 is 4.74 Å². The lowest BCUT2D eigenvalue weighted by Crippen LogP contribution is -2.57. The minimum atomic E-state index is -0.630. The topological polar surface area (TPSA) is 79.3 Å². The molecule has 1 N–H and O–H groups in total. The summed E-state index contributed by atoms with van der Waals surface area (Å²) in [4.78, 5) is 28.6. The van der Waals surface area contributed by atoms with Gasteiger partial charge in [0, 0.05) is 50.4 Å². The van der Waals surface area contributed by atoms with Crippen molar-refractivity contribution in [1.82, 2.24) is 9.80 Å². The van der Waals surface area contributed by atoms with E-state index in [0.717, 1.165) is 24.2 Å². The molecule has 0 radical (unpaired) electrons. The number of β-amino-alcohol motifs (C(OH)–C–C–N with tert-alkyl or cyclic N) is 1. The normalized spacial score (nSPS) is 36.1. The summed E-state index contributed by atoms with van der Waals surface area (Å²) in [5.41, 5.74) is 0.776. The molecule has 168 valence electrons. The standard InChI is InChI=1S/C24H32N2O5/c1-14(27)26-13-16(28)11-19(26)23(29)25-9-8-20-15(12-25)10-18-22(30-20)17-6-4-5-7-21(17)31-24(18,2)3/h4-7,15-16,18-20,22,28H,8-13H2,1-3H3/t15-,16-,18+,19+,20+,22-/m1/s1. The van der Waals surface area contributed by atoms with E-state index in [-0.39, 0.29) is 48.0 Å². The van der Waals surface area contributed by atoms with Gasteiger partial charge in [0.15, 0.2) is 0 Å². The van der Waals surface area contributed by atoms with Gasteiger partial charge in [-0.2, -0.15) is 0 Å². The van der Waals surface area contributed by atoms with Gasteiger partial charge in [-0.3, -0.25) is 9.59 Å². The maximum Gasteiger partial charge on any atom is 0.245 e. The quantitative estimate of drug-likeness (QED) is 0.741. The first-order chi connectivity index (χ1) is 14.7. The first-order valence-electron chi connectivity index (χ1n) is 11.4. The molecule has 7 heteroatoms. The van der Waals surface area contributed by atoms with Crippen LogP contribution >= 0.6 is 0 Å². The molecule has 3 saturated heterocycles. The molecule has 1 aromatic carbocycles. The number of amides is 2. The Morgan fingerprint density at radius 3 is 2.71 bits per heavy atom. The monoisotopic (exact) mass is 428 g/mol. The number of hydrogen-bond donors (Lipinski definition) is 1. The van der Waals surface area contributed by atoms with Gasteiger partial charge in [0.25, 0.3) is 0 Å². The number of nitrogens with zero attached hydrogens (tertiary/aromatic N) is 2. The fraction of sp³-hybridized carbons (Fsp3) is 0.667. The van der Waals surface area contributed by atoms with E-state index in [1.807, 2.05) is 23.1 Å². The molecule has 3 fully saturated rings. The number of likely N-dealkylation sites (tertiary alicyclic amines) is 2. The maximum atomic E-state index is 13.3. The predicted octanol–water partition coefficient (Wildman–Crippen LogP) is 2.13. The van der Waals surface area contributed by atoms with Crippen LogP contribution in [0.5, 0.6) is 5.75 Å². The Hall–Kier alpha value is -2.12. The molecule has 4 heterocycles. The van der Waals surface area contributed by atoms with Crippen LogP contribution in [0.1, 0.15) is 51.7 Å². The SMILES string of the molecule is CC(=O)N1C[C@H](O)C[C@H]1C(=O)N1CC[C@@H]2O[C@@H]3c4ccccc4OC(C)(C)[C@H]3C[C@@H]2C1. The fourth-order valence-corrected chi connectivity index (χ4v) is 6.06. The lowest BCUT2D eigenvalue weighted by molar-refractivity contribution is -0.189. The van der Waals surface area contributed by atoms with Gasteiger partial charge >= 0.3 is 0 Å². The van der Waals surface area contributed by atoms with Crippen molar-refractivity contribution in [1.29, 1.82) is 0 Å². The number of para-hydroxylation sites is 1. The molecule has 6 atom stereocenters. The van der Waals surface area contributed by atoms with Gasteiger partial charge in [-0.05, 0) is 32.8 Å². The molecule has 2 amide bonds. The van der Waals surface area contributed by atoms with Crippen LogP contribution in [0.15, 0.2) is 24.3 Å². The highest BCUT2D eigenvalue weighted by Crippen LogP contribution is 2.52. The second-order valence-corrected chi connectivity index (χ2v) is 10.1. The summed E-state index contributed by atoms with van der Waals surface area (Å²) in [5, 5.41) is 10.0. The summed E-state index contributed by atoms with van der Waals surface area (Å²) < 4.78 is 13.0. The molecule has 0 spiro atoms. The van der Waals surface area contributed by atoms with Crippen LogP contribution in [0, 0.1) is 11.8 Å². The molecule has 4 aliphatic heterocycles. The number of carbonyl (C=O) groups excluding carboxylic acids is 2. The number of rotatable bonds is 1. The zero-order valence-electron chi connectivity index (χ0n) is 18.5. The Kier molecular flexibility index (Phi) is 5.01. The highest BCUT2D eigenvalue weighted by Gasteiger charge is 2.52. The van der Waals surface area contributed by atoms with Crippen molar-refractivity contribution in [3.63, 3.8) is 0 Å². The van der Waals surface area contributed by atoms with Gasteiger partial charge in [0.05, 0.1) is 18.3 Å². The van der Waals surface area contributed by atoms with Crippen LogP contribution in [0.3, 0.4) is 0 Å². The molecule has 31 heavy (non-hydrogen) atoms. The molecule has 1 aromatic rings. The molecule has 0 unspecified atom stereocenters. The lowest BCUT2D eigenvalue weighted by atomic mass is 9.70. The summed E-state index contributed by atoms with van der Waals surface area (Å²) in [5.74, 6) is 1.15. The first-order valence-corrected chi connectivity index (χ1v) is 11.4. The second-order valence-electron chi connectivity index (χ2n) is 10.1. The van der Waals surface area contributed by atoms with Crippen molar-refractivity contribution >= 4 is 11.8 Å². The average Bonchev–Trinajstić information content (AvgIpc) is 3.13. The van der Waals surface area contributed by atoms with Crippen LogP contribution in [0.25, 0.3) is 0 Å². The molecular formula is C24H32N2O5. The van der Waals surface area contributed by atoms with Crippen LogP contribution in [-0.2, 0) is 14.3 Å². The van der Waals surface area contributed by atoms with E-state index in [1.54, 1.807) is 0 Å². The minimum Gasteiger partial charge on any atom is -0.487 e. The van der Waals surface area contributed by atoms with E-state index < -0.39 is 12.1 Å². The van der Waals surface area contributed by atoms with Gasteiger partial charge in [0.2, 0.25) is 11.8 Å². The molecule has 0 saturated carbocycles. The van der Waals surface area contributed by atoms with Gasteiger partial charge in [-0.1, -0.05) is 18.2 Å². The predicted molar refractivity (Wildman–Crippen MR) is 113 cm³/mol. The summed E-state index contributed by atoms with van der Waals surface area (Å²) in [7, 11) is 0. The van der Waals surface area contributed by atoms with Gasteiger partial charge in [-0.25, -0.2) is 0 Å². The fourth-order valence-electron chi connectivity index (χ4n) is 6.06. The molecular weight excluding hydrogens is 396 g/mol. The van der Waals surface area contributed by atoms with E-state index in [1.165, 1.54) is 11.8 Å². The van der Waals surface area contributed by atoms with Gasteiger partial charge in [0.1, 0.15) is 17.4 Å². The molecule has 4 aliphatic rings. The number of aliphatic hydroxyl groups is 1. The number of fused-ring (bicyclic) bond motifs is 4. The van der Waals surface area contributed by atoms with Gasteiger partial charge in [-0.15, -0.1) is 0 Å². The zero-order valence-corrected chi connectivity index (χ0v) is 18.5. The van der Waals surface area contributed by atoms with E-state index in [4.69, 9.17) is 9.47 Å². The largest absolute Gasteiger partial charge is 0.487 e.